The highest BCUT2D eigenvalue weighted by molar-refractivity contribution is 14.1. The molecule has 2 aliphatic heterocycles. The monoisotopic (exact) mass is 536 g/mol. The molecule has 1 unspecified atom stereocenters. The minimum Gasteiger partial charge on any atom is -0.337 e. The van der Waals surface area contributed by atoms with E-state index < -0.39 is 0 Å². The predicted molar refractivity (Wildman–Crippen MR) is 123 cm³/mol. The molecule has 9 heteroatoms. The summed E-state index contributed by atoms with van der Waals surface area (Å²) < 4.78 is 5.16. The Morgan fingerprint density at radius 2 is 1.82 bits per heavy atom. The number of halogens is 1. The lowest BCUT2D eigenvalue weighted by Gasteiger charge is -2.23. The van der Waals surface area contributed by atoms with Crippen molar-refractivity contribution in [3.05, 3.63) is 36.5 Å². The summed E-state index contributed by atoms with van der Waals surface area (Å²) >= 11 is 1.88. The van der Waals surface area contributed by atoms with Gasteiger partial charge in [0.15, 0.2) is 0 Å². The Bertz CT molecular complexity index is 638. The molecule has 0 N–H and O–H groups in total. The van der Waals surface area contributed by atoms with E-state index >= 15 is 0 Å². The first-order valence-electron chi connectivity index (χ1n) is 9.17. The van der Waals surface area contributed by atoms with Crippen molar-refractivity contribution in [1.82, 2.24) is 9.80 Å². The quantitative estimate of drug-likeness (QED) is 0.165. The van der Waals surface area contributed by atoms with Gasteiger partial charge in [-0.3, -0.25) is 19.3 Å². The van der Waals surface area contributed by atoms with Gasteiger partial charge in [-0.05, 0) is 19.3 Å². The molecule has 0 radical (unpaired) electrons. The maximum absolute atomic E-state index is 12.3. The molecule has 3 amide bonds. The van der Waals surface area contributed by atoms with Crippen LogP contribution in [-0.4, -0.2) is 64.8 Å². The van der Waals surface area contributed by atoms with Crippen LogP contribution < -0.4 is 0 Å². The van der Waals surface area contributed by atoms with Crippen molar-refractivity contribution in [2.75, 3.05) is 31.2 Å². The fourth-order valence-electron chi connectivity index (χ4n) is 3.29. The second-order valence-electron chi connectivity index (χ2n) is 6.40. The van der Waals surface area contributed by atoms with Crippen molar-refractivity contribution in [2.24, 2.45) is 0 Å². The number of nitrogens with zero attached hydrogens (tertiary/aromatic N) is 2. The maximum atomic E-state index is 12.3. The van der Waals surface area contributed by atoms with E-state index in [0.717, 1.165) is 31.6 Å². The standard InChI is InChI=1S/C19H25IN2O4S2/c1-3-15-16(4-2)19(25)22(18(15)24)10-12-28-27-11-6-8-17(23)21-9-5-7-14(21)13-26-20/h3-4,14H,1-2,5-13H2. The zero-order valence-electron chi connectivity index (χ0n) is 15.7. The fourth-order valence-corrected chi connectivity index (χ4v) is 5.75. The van der Waals surface area contributed by atoms with E-state index in [-0.39, 0.29) is 23.8 Å². The first-order chi connectivity index (χ1) is 13.5. The molecule has 2 rings (SSSR count). The lowest BCUT2D eigenvalue weighted by atomic mass is 10.1. The fraction of sp³-hybridized carbons (Fsp3) is 0.526. The molecule has 0 aliphatic carbocycles. The lowest BCUT2D eigenvalue weighted by molar-refractivity contribution is -0.137. The summed E-state index contributed by atoms with van der Waals surface area (Å²) in [6, 6.07) is 0.219. The highest BCUT2D eigenvalue weighted by Gasteiger charge is 2.34. The van der Waals surface area contributed by atoms with Gasteiger partial charge in [-0.1, -0.05) is 46.9 Å². The van der Waals surface area contributed by atoms with Crippen LogP contribution in [0.2, 0.25) is 0 Å². The minimum atomic E-state index is -0.304. The summed E-state index contributed by atoms with van der Waals surface area (Å²) in [6.45, 7) is 8.97. The average Bonchev–Trinajstić information content (AvgIpc) is 3.24. The second-order valence-corrected chi connectivity index (χ2v) is 9.73. The Balaban J connectivity index is 1.61. The summed E-state index contributed by atoms with van der Waals surface area (Å²) in [4.78, 5) is 40.0. The largest absolute Gasteiger partial charge is 0.337 e. The summed E-state index contributed by atoms with van der Waals surface area (Å²) in [5.74, 6) is 1.10. The highest BCUT2D eigenvalue weighted by Crippen LogP contribution is 2.27. The van der Waals surface area contributed by atoms with Crippen LogP contribution >= 0.6 is 44.6 Å². The molecule has 1 saturated heterocycles. The van der Waals surface area contributed by atoms with Crippen LogP contribution in [0.5, 0.6) is 0 Å². The zero-order chi connectivity index (χ0) is 20.5. The van der Waals surface area contributed by atoms with Crippen molar-refractivity contribution in [2.45, 2.75) is 31.7 Å². The number of hydrogen-bond acceptors (Lipinski definition) is 6. The van der Waals surface area contributed by atoms with E-state index in [1.807, 2.05) is 27.9 Å². The van der Waals surface area contributed by atoms with Crippen LogP contribution in [0, 0.1) is 0 Å². The van der Waals surface area contributed by atoms with Gasteiger partial charge >= 0.3 is 0 Å². The number of hydrogen-bond donors (Lipinski definition) is 0. The molecule has 0 aromatic heterocycles. The summed E-state index contributed by atoms with van der Waals surface area (Å²) in [7, 11) is 3.27. The van der Waals surface area contributed by atoms with Gasteiger partial charge in [-0.15, -0.1) is 0 Å². The van der Waals surface area contributed by atoms with Crippen molar-refractivity contribution < 1.29 is 17.4 Å². The van der Waals surface area contributed by atoms with Crippen LogP contribution in [0.3, 0.4) is 0 Å². The molecular weight excluding hydrogens is 511 g/mol. The SMILES string of the molecule is C=CC1=C(C=C)C(=O)N(CCSSCCCC(=O)N2CCCC2COI)C1=O. The van der Waals surface area contributed by atoms with E-state index in [2.05, 4.69) is 13.2 Å². The molecule has 0 aromatic rings. The van der Waals surface area contributed by atoms with Crippen LogP contribution in [0.25, 0.3) is 0 Å². The van der Waals surface area contributed by atoms with E-state index in [9.17, 15) is 14.4 Å². The van der Waals surface area contributed by atoms with Gasteiger partial charge in [-0.25, -0.2) is 0 Å². The van der Waals surface area contributed by atoms with E-state index in [1.54, 1.807) is 21.6 Å². The molecule has 1 atom stereocenters. The predicted octanol–water partition coefficient (Wildman–Crippen LogP) is 3.54. The van der Waals surface area contributed by atoms with Gasteiger partial charge in [0.05, 0.1) is 23.8 Å². The number of imide groups is 1. The lowest BCUT2D eigenvalue weighted by Crippen LogP contribution is -2.37. The van der Waals surface area contributed by atoms with Gasteiger partial charge in [0.2, 0.25) is 5.91 Å². The molecule has 0 aromatic carbocycles. The highest BCUT2D eigenvalue weighted by atomic mass is 127. The normalized spacial score (nSPS) is 19.7. The third-order valence-electron chi connectivity index (χ3n) is 4.70. The molecule has 2 aliphatic rings. The van der Waals surface area contributed by atoms with Crippen LogP contribution in [-0.2, 0) is 17.4 Å². The van der Waals surface area contributed by atoms with Gasteiger partial charge in [0.1, 0.15) is 23.0 Å². The molecule has 0 bridgehead atoms. The zero-order valence-corrected chi connectivity index (χ0v) is 19.5. The molecule has 2 heterocycles. The second kappa shape index (κ2) is 12.0. The van der Waals surface area contributed by atoms with Crippen molar-refractivity contribution in [3.63, 3.8) is 0 Å². The Kier molecular flexibility index (Phi) is 10.1. The third-order valence-corrected chi connectivity index (χ3v) is 7.53. The molecule has 28 heavy (non-hydrogen) atoms. The van der Waals surface area contributed by atoms with Gasteiger partial charge < -0.3 is 7.97 Å². The van der Waals surface area contributed by atoms with E-state index in [1.165, 1.54) is 17.1 Å². The average molecular weight is 536 g/mol. The van der Waals surface area contributed by atoms with Crippen LogP contribution in [0.15, 0.2) is 36.5 Å². The molecule has 6 nitrogen and oxygen atoms in total. The van der Waals surface area contributed by atoms with Crippen LogP contribution in [0.4, 0.5) is 0 Å². The van der Waals surface area contributed by atoms with Crippen molar-refractivity contribution in [1.29, 1.82) is 0 Å². The molecule has 154 valence electrons. The Morgan fingerprint density at radius 3 is 2.43 bits per heavy atom. The smallest absolute Gasteiger partial charge is 0.261 e. The number of likely N-dealkylation sites (tertiary alicyclic amines) is 1. The molecular formula is C19H25IN2O4S2. The number of rotatable bonds is 12. The molecule has 1 fully saturated rings. The van der Waals surface area contributed by atoms with Gasteiger partial charge in [-0.2, -0.15) is 0 Å². The Hall–Kier alpha value is -0.780. The van der Waals surface area contributed by atoms with E-state index in [4.69, 9.17) is 3.07 Å². The minimum absolute atomic E-state index is 0.204. The topological polar surface area (TPSA) is 66.9 Å². The summed E-state index contributed by atoms with van der Waals surface area (Å²) in [5, 5.41) is 0. The number of carbonyl (C=O) groups excluding carboxylic acids is 3. The molecule has 0 saturated carbocycles. The molecule has 0 spiro atoms. The van der Waals surface area contributed by atoms with Crippen LogP contribution in [0.1, 0.15) is 25.7 Å². The first kappa shape index (κ1) is 23.5. The van der Waals surface area contributed by atoms with Gasteiger partial charge in [0.25, 0.3) is 11.8 Å². The van der Waals surface area contributed by atoms with Crippen molar-refractivity contribution >= 4 is 62.3 Å². The summed E-state index contributed by atoms with van der Waals surface area (Å²) in [6.07, 6.45) is 6.24. The van der Waals surface area contributed by atoms with Gasteiger partial charge in [0, 0.05) is 31.0 Å². The Morgan fingerprint density at radius 1 is 1.18 bits per heavy atom. The van der Waals surface area contributed by atoms with Crippen molar-refractivity contribution in [3.8, 4) is 0 Å². The number of amides is 3. The first-order valence-corrected chi connectivity index (χ1v) is 12.5. The van der Waals surface area contributed by atoms with E-state index in [0.29, 0.717) is 36.5 Å². The number of carbonyl (C=O) groups is 3. The maximum Gasteiger partial charge on any atom is 0.261 e. The Labute approximate surface area is 188 Å². The summed E-state index contributed by atoms with van der Waals surface area (Å²) in [5.41, 5.74) is 0.647. The third kappa shape index (κ3) is 5.87.